The maximum absolute atomic E-state index is 12.5. The Balaban J connectivity index is 1.94. The maximum Gasteiger partial charge on any atom is 0.256 e. The molecule has 2 aromatic heterocycles. The lowest BCUT2D eigenvalue weighted by Crippen LogP contribution is -2.27. The van der Waals surface area contributed by atoms with Crippen LogP contribution in [-0.4, -0.2) is 52.8 Å². The van der Waals surface area contributed by atoms with Crippen molar-refractivity contribution in [1.82, 2.24) is 20.3 Å². The van der Waals surface area contributed by atoms with E-state index in [1.54, 1.807) is 12.4 Å². The number of nitrogens with one attached hydrogen (secondary N) is 3. The number of aromatic nitrogens is 3. The van der Waals surface area contributed by atoms with E-state index in [1.807, 2.05) is 19.1 Å². The SMILES string of the molecule is CCCNc1nc(NCCc2ccncc2)ncc1C(=O)NCCCC(=O)CN. The van der Waals surface area contributed by atoms with Crippen LogP contribution in [0.2, 0.25) is 0 Å². The molecular formula is C20H29N7O2. The number of carbonyl (C=O) groups is 2. The smallest absolute Gasteiger partial charge is 0.256 e. The van der Waals surface area contributed by atoms with Gasteiger partial charge >= 0.3 is 0 Å². The van der Waals surface area contributed by atoms with Gasteiger partial charge in [0.1, 0.15) is 17.2 Å². The van der Waals surface area contributed by atoms with Gasteiger partial charge in [-0.1, -0.05) is 6.92 Å². The Hall–Kier alpha value is -3.07. The van der Waals surface area contributed by atoms with E-state index in [9.17, 15) is 9.59 Å². The second-order valence-corrected chi connectivity index (χ2v) is 6.52. The zero-order valence-corrected chi connectivity index (χ0v) is 16.8. The number of hydrogen-bond acceptors (Lipinski definition) is 8. The molecule has 9 heteroatoms. The fourth-order valence-electron chi connectivity index (χ4n) is 2.56. The molecule has 0 bridgehead atoms. The lowest BCUT2D eigenvalue weighted by atomic mass is 10.2. The monoisotopic (exact) mass is 399 g/mol. The van der Waals surface area contributed by atoms with E-state index < -0.39 is 0 Å². The molecule has 0 unspecified atom stereocenters. The fourth-order valence-corrected chi connectivity index (χ4v) is 2.56. The van der Waals surface area contributed by atoms with Crippen LogP contribution in [0.5, 0.6) is 0 Å². The average molecular weight is 399 g/mol. The maximum atomic E-state index is 12.5. The quantitative estimate of drug-likeness (QED) is 0.371. The Morgan fingerprint density at radius 3 is 2.62 bits per heavy atom. The number of ketones is 1. The number of nitrogens with zero attached hydrogens (tertiary/aromatic N) is 3. The third-order valence-corrected chi connectivity index (χ3v) is 4.17. The van der Waals surface area contributed by atoms with Gasteiger partial charge in [-0.2, -0.15) is 4.98 Å². The largest absolute Gasteiger partial charge is 0.369 e. The minimum atomic E-state index is -0.271. The summed E-state index contributed by atoms with van der Waals surface area (Å²) in [5, 5.41) is 9.16. The summed E-state index contributed by atoms with van der Waals surface area (Å²) in [5.41, 5.74) is 6.83. The van der Waals surface area contributed by atoms with Crippen LogP contribution < -0.4 is 21.7 Å². The highest BCUT2D eigenvalue weighted by Gasteiger charge is 2.14. The first-order valence-corrected chi connectivity index (χ1v) is 9.87. The number of Topliss-reactive ketones (excluding diaryl/α,β-unsaturated/α-hetero) is 1. The van der Waals surface area contributed by atoms with Crippen LogP contribution in [0.25, 0.3) is 0 Å². The second-order valence-electron chi connectivity index (χ2n) is 6.52. The van der Waals surface area contributed by atoms with Crippen molar-refractivity contribution in [2.24, 2.45) is 5.73 Å². The second kappa shape index (κ2) is 12.4. The van der Waals surface area contributed by atoms with Gasteiger partial charge in [-0.3, -0.25) is 14.6 Å². The lowest BCUT2D eigenvalue weighted by molar-refractivity contribution is -0.117. The van der Waals surface area contributed by atoms with Crippen LogP contribution in [0.15, 0.2) is 30.7 Å². The van der Waals surface area contributed by atoms with Crippen LogP contribution >= 0.6 is 0 Å². The molecule has 9 nitrogen and oxygen atoms in total. The third kappa shape index (κ3) is 7.82. The van der Waals surface area contributed by atoms with Gasteiger partial charge in [-0.25, -0.2) is 4.98 Å². The fraction of sp³-hybridized carbons (Fsp3) is 0.450. The number of nitrogens with two attached hydrogens (primary N) is 1. The van der Waals surface area contributed by atoms with Gasteiger partial charge in [0.05, 0.1) is 6.54 Å². The number of anilines is 2. The zero-order valence-electron chi connectivity index (χ0n) is 16.8. The summed E-state index contributed by atoms with van der Waals surface area (Å²) in [7, 11) is 0. The molecule has 0 aliphatic rings. The summed E-state index contributed by atoms with van der Waals surface area (Å²) in [6, 6.07) is 3.93. The summed E-state index contributed by atoms with van der Waals surface area (Å²) >= 11 is 0. The molecular weight excluding hydrogens is 370 g/mol. The van der Waals surface area contributed by atoms with Crippen LogP contribution in [0.3, 0.4) is 0 Å². The summed E-state index contributed by atoms with van der Waals surface area (Å²) in [4.78, 5) is 36.4. The summed E-state index contributed by atoms with van der Waals surface area (Å²) in [6.07, 6.45) is 7.66. The number of amides is 1. The Morgan fingerprint density at radius 2 is 1.90 bits per heavy atom. The van der Waals surface area contributed by atoms with E-state index in [0.29, 0.717) is 49.8 Å². The predicted octanol–water partition coefficient (Wildman–Crippen LogP) is 1.39. The highest BCUT2D eigenvalue weighted by Crippen LogP contribution is 2.14. The van der Waals surface area contributed by atoms with Crippen molar-refractivity contribution >= 4 is 23.5 Å². The highest BCUT2D eigenvalue weighted by atomic mass is 16.1. The first-order valence-electron chi connectivity index (χ1n) is 9.87. The molecule has 0 spiro atoms. The Bertz CT molecular complexity index is 784. The normalized spacial score (nSPS) is 10.4. The molecule has 5 N–H and O–H groups in total. The molecule has 0 saturated carbocycles. The van der Waals surface area contributed by atoms with Crippen molar-refractivity contribution in [3.05, 3.63) is 41.9 Å². The molecule has 29 heavy (non-hydrogen) atoms. The van der Waals surface area contributed by atoms with E-state index in [2.05, 4.69) is 30.9 Å². The first kappa shape index (κ1) is 22.2. The van der Waals surface area contributed by atoms with E-state index in [1.165, 1.54) is 11.8 Å². The minimum absolute atomic E-state index is 0.0184. The Kier molecular flexibility index (Phi) is 9.50. The molecule has 2 aromatic rings. The molecule has 0 fully saturated rings. The zero-order chi connectivity index (χ0) is 20.9. The van der Waals surface area contributed by atoms with Crippen molar-refractivity contribution in [1.29, 1.82) is 0 Å². The molecule has 0 aliphatic heterocycles. The van der Waals surface area contributed by atoms with Gasteiger partial charge in [0.15, 0.2) is 0 Å². The van der Waals surface area contributed by atoms with Crippen LogP contribution in [-0.2, 0) is 11.2 Å². The Morgan fingerprint density at radius 1 is 1.10 bits per heavy atom. The third-order valence-electron chi connectivity index (χ3n) is 4.17. The molecule has 0 atom stereocenters. The van der Waals surface area contributed by atoms with Gasteiger partial charge in [-0.15, -0.1) is 0 Å². The van der Waals surface area contributed by atoms with E-state index in [0.717, 1.165) is 12.8 Å². The van der Waals surface area contributed by atoms with Crippen LogP contribution in [0.4, 0.5) is 11.8 Å². The van der Waals surface area contributed by atoms with Crippen molar-refractivity contribution in [3.63, 3.8) is 0 Å². The van der Waals surface area contributed by atoms with E-state index >= 15 is 0 Å². The highest BCUT2D eigenvalue weighted by molar-refractivity contribution is 5.98. The van der Waals surface area contributed by atoms with Crippen molar-refractivity contribution < 1.29 is 9.59 Å². The minimum Gasteiger partial charge on any atom is -0.369 e. The lowest BCUT2D eigenvalue weighted by Gasteiger charge is -2.13. The number of pyridine rings is 1. The summed E-state index contributed by atoms with van der Waals surface area (Å²) in [6.45, 7) is 3.82. The molecule has 0 aromatic carbocycles. The van der Waals surface area contributed by atoms with Crippen molar-refractivity contribution in [3.8, 4) is 0 Å². The van der Waals surface area contributed by atoms with Crippen molar-refractivity contribution in [2.75, 3.05) is 36.8 Å². The molecule has 0 aliphatic carbocycles. The van der Waals surface area contributed by atoms with Crippen LogP contribution in [0.1, 0.15) is 42.1 Å². The number of hydrogen-bond donors (Lipinski definition) is 4. The van der Waals surface area contributed by atoms with Crippen LogP contribution in [0, 0.1) is 0 Å². The van der Waals surface area contributed by atoms with E-state index in [4.69, 9.17) is 5.73 Å². The van der Waals surface area contributed by atoms with Gasteiger partial charge in [0.25, 0.3) is 5.91 Å². The van der Waals surface area contributed by atoms with Crippen molar-refractivity contribution in [2.45, 2.75) is 32.6 Å². The number of carbonyl (C=O) groups excluding carboxylic acids is 2. The van der Waals surface area contributed by atoms with Gasteiger partial charge in [0.2, 0.25) is 5.95 Å². The molecule has 156 valence electrons. The molecule has 2 rings (SSSR count). The summed E-state index contributed by atoms with van der Waals surface area (Å²) < 4.78 is 0. The van der Waals surface area contributed by atoms with Gasteiger partial charge in [-0.05, 0) is 37.0 Å². The number of rotatable bonds is 13. The molecule has 1 amide bonds. The van der Waals surface area contributed by atoms with Gasteiger partial charge in [0, 0.05) is 44.6 Å². The first-order chi connectivity index (χ1) is 14.1. The molecule has 0 radical (unpaired) electrons. The average Bonchev–Trinajstić information content (AvgIpc) is 2.75. The standard InChI is InChI=1S/C20H29N7O2/c1-2-8-23-18-17(19(29)24-9-3-4-16(28)13-21)14-26-20(27-18)25-12-7-15-5-10-22-11-6-15/h5-6,10-11,14H,2-4,7-9,12-13,21H2,1H3,(H,24,29)(H2,23,25,26,27). The Labute approximate surface area is 170 Å². The summed E-state index contributed by atoms with van der Waals surface area (Å²) in [5.74, 6) is 0.661. The molecule has 0 saturated heterocycles. The van der Waals surface area contributed by atoms with Gasteiger partial charge < -0.3 is 21.7 Å². The topological polar surface area (TPSA) is 135 Å². The molecule has 2 heterocycles. The van der Waals surface area contributed by atoms with E-state index in [-0.39, 0.29) is 18.2 Å². The predicted molar refractivity (Wildman–Crippen MR) is 113 cm³/mol.